The van der Waals surface area contributed by atoms with Gasteiger partial charge in [-0.25, -0.2) is 0 Å². The van der Waals surface area contributed by atoms with Crippen molar-refractivity contribution in [1.82, 2.24) is 10.2 Å². The first kappa shape index (κ1) is 21.5. The molecule has 30 heavy (non-hydrogen) atoms. The highest BCUT2D eigenvalue weighted by atomic mass is 32.1. The second-order valence-corrected chi connectivity index (χ2v) is 7.92. The molecule has 0 fully saturated rings. The lowest BCUT2D eigenvalue weighted by atomic mass is 10.1. The molecule has 0 aliphatic rings. The first-order valence-electron chi connectivity index (χ1n) is 9.51. The number of carbonyl (C=O) groups excluding carboxylic acids is 2. The summed E-state index contributed by atoms with van der Waals surface area (Å²) in [6.45, 7) is 0.448. The van der Waals surface area contributed by atoms with Gasteiger partial charge in [-0.1, -0.05) is 24.3 Å². The zero-order valence-electron chi connectivity index (χ0n) is 17.2. The van der Waals surface area contributed by atoms with Gasteiger partial charge in [0.25, 0.3) is 11.8 Å². The van der Waals surface area contributed by atoms with Crippen LogP contribution in [0.25, 0.3) is 0 Å². The lowest BCUT2D eigenvalue weighted by Crippen LogP contribution is -2.34. The van der Waals surface area contributed by atoms with Crippen LogP contribution in [0.2, 0.25) is 0 Å². The summed E-state index contributed by atoms with van der Waals surface area (Å²) in [5.41, 5.74) is 2.16. The van der Waals surface area contributed by atoms with E-state index in [0.29, 0.717) is 22.7 Å². The number of carbonyl (C=O) groups is 2. The highest BCUT2D eigenvalue weighted by Gasteiger charge is 2.16. The minimum atomic E-state index is -0.192. The Morgan fingerprint density at radius 1 is 1.03 bits per heavy atom. The quantitative estimate of drug-likeness (QED) is 0.574. The summed E-state index contributed by atoms with van der Waals surface area (Å²) < 4.78 is 5.22. The van der Waals surface area contributed by atoms with Crippen molar-refractivity contribution in [1.29, 1.82) is 0 Å². The van der Waals surface area contributed by atoms with Crippen LogP contribution in [0.5, 0.6) is 5.75 Å². The van der Waals surface area contributed by atoms with Crippen LogP contribution in [0.3, 0.4) is 0 Å². The van der Waals surface area contributed by atoms with E-state index in [2.05, 4.69) is 15.5 Å². The normalized spacial score (nSPS) is 11.7. The number of nitrogens with one attached hydrogen (secondary N) is 2. The van der Waals surface area contributed by atoms with Gasteiger partial charge < -0.3 is 20.3 Å². The first-order chi connectivity index (χ1) is 14.5. The van der Waals surface area contributed by atoms with Gasteiger partial charge in [-0.2, -0.15) is 0 Å². The van der Waals surface area contributed by atoms with Crippen LogP contribution in [0.4, 0.5) is 5.69 Å². The standard InChI is InChI=1S/C23H25N3O3S/c1-26(2)20(16-9-11-19(29-3)12-10-16)15-24-22(27)17-6-4-7-18(14-17)25-23(28)21-8-5-13-30-21/h4-14,20H,15H2,1-3H3,(H,24,27)(H,25,28)/t20-/m0/s1. The van der Waals surface area contributed by atoms with E-state index in [1.807, 2.05) is 49.8 Å². The molecule has 2 N–H and O–H groups in total. The topological polar surface area (TPSA) is 70.7 Å². The maximum Gasteiger partial charge on any atom is 0.265 e. The molecule has 0 aliphatic heterocycles. The molecule has 0 saturated carbocycles. The number of thiophene rings is 1. The zero-order valence-corrected chi connectivity index (χ0v) is 18.0. The number of ether oxygens (including phenoxy) is 1. The number of rotatable bonds is 8. The van der Waals surface area contributed by atoms with Gasteiger partial charge >= 0.3 is 0 Å². The number of methoxy groups -OCH3 is 1. The molecular formula is C23H25N3O3S. The zero-order chi connectivity index (χ0) is 21.5. The Labute approximate surface area is 180 Å². The molecule has 3 rings (SSSR count). The number of hydrogen-bond donors (Lipinski definition) is 2. The smallest absolute Gasteiger partial charge is 0.265 e. The van der Waals surface area contributed by atoms with Crippen LogP contribution in [0.1, 0.15) is 31.6 Å². The molecule has 0 bridgehead atoms. The molecule has 2 aromatic carbocycles. The summed E-state index contributed by atoms with van der Waals surface area (Å²) in [6.07, 6.45) is 0. The van der Waals surface area contributed by atoms with Crippen LogP contribution in [0, 0.1) is 0 Å². The molecule has 6 nitrogen and oxygen atoms in total. The fourth-order valence-electron chi connectivity index (χ4n) is 3.05. The number of likely N-dealkylation sites (N-methyl/N-ethyl adjacent to an activating group) is 1. The molecule has 1 aromatic heterocycles. The van der Waals surface area contributed by atoms with Crippen LogP contribution in [-0.4, -0.2) is 44.5 Å². The van der Waals surface area contributed by atoms with Gasteiger partial charge in [-0.3, -0.25) is 9.59 Å². The van der Waals surface area contributed by atoms with Crippen molar-refractivity contribution in [3.63, 3.8) is 0 Å². The van der Waals surface area contributed by atoms with Gasteiger partial charge in [0.2, 0.25) is 0 Å². The average molecular weight is 424 g/mol. The van der Waals surface area contributed by atoms with Crippen molar-refractivity contribution in [2.24, 2.45) is 0 Å². The van der Waals surface area contributed by atoms with Crippen LogP contribution in [-0.2, 0) is 0 Å². The van der Waals surface area contributed by atoms with E-state index in [1.165, 1.54) is 11.3 Å². The van der Waals surface area contributed by atoms with Crippen LogP contribution >= 0.6 is 11.3 Å². The second-order valence-electron chi connectivity index (χ2n) is 6.97. The van der Waals surface area contributed by atoms with E-state index in [-0.39, 0.29) is 17.9 Å². The molecule has 0 aliphatic carbocycles. The van der Waals surface area contributed by atoms with Crippen LogP contribution in [0.15, 0.2) is 66.0 Å². The van der Waals surface area contributed by atoms with Crippen molar-refractivity contribution in [2.45, 2.75) is 6.04 Å². The van der Waals surface area contributed by atoms with Crippen molar-refractivity contribution in [2.75, 3.05) is 33.1 Å². The van der Waals surface area contributed by atoms with Crippen molar-refractivity contribution < 1.29 is 14.3 Å². The van der Waals surface area contributed by atoms with Crippen LogP contribution < -0.4 is 15.4 Å². The Kier molecular flexibility index (Phi) is 7.21. The molecule has 0 spiro atoms. The van der Waals surface area contributed by atoms with Gasteiger partial charge in [-0.05, 0) is 61.4 Å². The highest BCUT2D eigenvalue weighted by Crippen LogP contribution is 2.21. The van der Waals surface area contributed by atoms with Gasteiger partial charge in [-0.15, -0.1) is 11.3 Å². The van der Waals surface area contributed by atoms with Gasteiger partial charge in [0.15, 0.2) is 0 Å². The summed E-state index contributed by atoms with van der Waals surface area (Å²) >= 11 is 1.37. The molecule has 2 amide bonds. The monoisotopic (exact) mass is 423 g/mol. The molecule has 0 unspecified atom stereocenters. The van der Waals surface area contributed by atoms with Gasteiger partial charge in [0.05, 0.1) is 18.0 Å². The summed E-state index contributed by atoms with van der Waals surface area (Å²) in [7, 11) is 5.58. The maximum atomic E-state index is 12.7. The van der Waals surface area contributed by atoms with Gasteiger partial charge in [0.1, 0.15) is 5.75 Å². The largest absolute Gasteiger partial charge is 0.497 e. The van der Waals surface area contributed by atoms with Crippen molar-refractivity contribution in [3.05, 3.63) is 82.0 Å². The molecule has 156 valence electrons. The predicted octanol–water partition coefficient (Wildman–Crippen LogP) is 4.04. The third kappa shape index (κ3) is 5.46. The highest BCUT2D eigenvalue weighted by molar-refractivity contribution is 7.12. The second kappa shape index (κ2) is 10.0. The Bertz CT molecular complexity index is 985. The Morgan fingerprint density at radius 2 is 1.80 bits per heavy atom. The fourth-order valence-corrected chi connectivity index (χ4v) is 3.67. The minimum absolute atomic E-state index is 0.0153. The van der Waals surface area contributed by atoms with E-state index >= 15 is 0 Å². The molecule has 3 aromatic rings. The van der Waals surface area contributed by atoms with Crippen molar-refractivity contribution in [3.8, 4) is 5.75 Å². The summed E-state index contributed by atoms with van der Waals surface area (Å²) in [5.74, 6) is 0.416. The SMILES string of the molecule is COc1ccc([C@H](CNC(=O)c2cccc(NC(=O)c3cccs3)c2)N(C)C)cc1. The lowest BCUT2D eigenvalue weighted by molar-refractivity contribution is 0.0940. The van der Waals surface area contributed by atoms with E-state index < -0.39 is 0 Å². The van der Waals surface area contributed by atoms with Gasteiger partial charge in [0, 0.05) is 17.8 Å². The molecule has 7 heteroatoms. The molecule has 0 radical (unpaired) electrons. The minimum Gasteiger partial charge on any atom is -0.497 e. The number of anilines is 1. The summed E-state index contributed by atoms with van der Waals surface area (Å²) in [5, 5.41) is 7.67. The number of benzene rings is 2. The summed E-state index contributed by atoms with van der Waals surface area (Å²) in [6, 6.07) is 18.3. The molecular weight excluding hydrogens is 398 g/mol. The molecule has 1 heterocycles. The fraction of sp³-hybridized carbons (Fsp3) is 0.217. The first-order valence-corrected chi connectivity index (χ1v) is 10.4. The Balaban J connectivity index is 1.65. The lowest BCUT2D eigenvalue weighted by Gasteiger charge is -2.25. The number of hydrogen-bond acceptors (Lipinski definition) is 5. The molecule has 1 atom stereocenters. The number of nitrogens with zero attached hydrogens (tertiary/aromatic N) is 1. The summed E-state index contributed by atoms with van der Waals surface area (Å²) in [4.78, 5) is 27.6. The van der Waals surface area contributed by atoms with Crippen molar-refractivity contribution >= 4 is 28.8 Å². The van der Waals surface area contributed by atoms with E-state index in [4.69, 9.17) is 4.74 Å². The Morgan fingerprint density at radius 3 is 2.43 bits per heavy atom. The Hall–Kier alpha value is -3.16. The molecule has 0 saturated heterocycles. The van der Waals surface area contributed by atoms with E-state index in [9.17, 15) is 9.59 Å². The van der Waals surface area contributed by atoms with E-state index in [0.717, 1.165) is 11.3 Å². The number of amides is 2. The maximum absolute atomic E-state index is 12.7. The third-order valence-corrected chi connectivity index (χ3v) is 5.58. The average Bonchev–Trinajstić information content (AvgIpc) is 3.29. The predicted molar refractivity (Wildman–Crippen MR) is 120 cm³/mol. The third-order valence-electron chi connectivity index (χ3n) is 4.71. The van der Waals surface area contributed by atoms with E-state index in [1.54, 1.807) is 37.4 Å².